The predicted octanol–water partition coefficient (Wildman–Crippen LogP) is 1.98. The molecule has 0 bridgehead atoms. The van der Waals surface area contributed by atoms with Crippen molar-refractivity contribution in [3.63, 3.8) is 0 Å². The van der Waals surface area contributed by atoms with Crippen LogP contribution < -0.4 is 10.6 Å². The fourth-order valence-electron chi connectivity index (χ4n) is 1.69. The van der Waals surface area contributed by atoms with Crippen LogP contribution in [-0.4, -0.2) is 24.7 Å². The molecule has 0 aromatic heterocycles. The quantitative estimate of drug-likeness (QED) is 0.833. The molecule has 0 radical (unpaired) electrons. The van der Waals surface area contributed by atoms with Gasteiger partial charge in [0.15, 0.2) is 0 Å². The topological polar surface area (TPSA) is 41.1 Å². The standard InChI is InChI=1S/C11H12ClFN2O/c12-7-2-1-3-9(4-7)15-11(16)10-5-8(13)6-14-10/h1-4,8,10,14H,5-6H2,(H,15,16). The lowest BCUT2D eigenvalue weighted by Gasteiger charge is -2.10. The molecule has 1 aliphatic rings. The Hall–Kier alpha value is -1.13. The highest BCUT2D eigenvalue weighted by Crippen LogP contribution is 2.17. The van der Waals surface area contributed by atoms with Crippen LogP contribution in [0.25, 0.3) is 0 Å². The highest BCUT2D eigenvalue weighted by Gasteiger charge is 2.29. The first kappa shape index (κ1) is 11.4. The van der Waals surface area contributed by atoms with Crippen LogP contribution in [0.1, 0.15) is 6.42 Å². The van der Waals surface area contributed by atoms with Crippen LogP contribution in [0.2, 0.25) is 5.02 Å². The number of carbonyl (C=O) groups is 1. The molecule has 2 unspecified atom stereocenters. The lowest BCUT2D eigenvalue weighted by Crippen LogP contribution is -2.35. The summed E-state index contributed by atoms with van der Waals surface area (Å²) in [5, 5.41) is 6.07. The number of alkyl halides is 1. The number of benzene rings is 1. The van der Waals surface area contributed by atoms with Crippen LogP contribution in [0, 0.1) is 0 Å². The lowest BCUT2D eigenvalue weighted by molar-refractivity contribution is -0.117. The molecule has 0 aliphatic carbocycles. The van der Waals surface area contributed by atoms with E-state index in [2.05, 4.69) is 10.6 Å². The smallest absolute Gasteiger partial charge is 0.241 e. The zero-order chi connectivity index (χ0) is 11.5. The summed E-state index contributed by atoms with van der Waals surface area (Å²) >= 11 is 5.78. The van der Waals surface area contributed by atoms with Crippen molar-refractivity contribution in [2.24, 2.45) is 0 Å². The van der Waals surface area contributed by atoms with Gasteiger partial charge in [-0.1, -0.05) is 17.7 Å². The summed E-state index contributed by atoms with van der Waals surface area (Å²) in [5.41, 5.74) is 0.626. The van der Waals surface area contributed by atoms with Gasteiger partial charge < -0.3 is 10.6 Å². The van der Waals surface area contributed by atoms with Crippen molar-refractivity contribution >= 4 is 23.2 Å². The third-order valence-corrected chi connectivity index (χ3v) is 2.72. The zero-order valence-corrected chi connectivity index (χ0v) is 9.30. The summed E-state index contributed by atoms with van der Waals surface area (Å²) in [6.07, 6.45) is -0.707. The molecule has 2 atom stereocenters. The van der Waals surface area contributed by atoms with Crippen LogP contribution in [0.15, 0.2) is 24.3 Å². The maximum atomic E-state index is 12.9. The van der Waals surface area contributed by atoms with Crippen molar-refractivity contribution in [2.45, 2.75) is 18.6 Å². The third kappa shape index (κ3) is 2.71. The zero-order valence-electron chi connectivity index (χ0n) is 8.54. The summed E-state index contributed by atoms with van der Waals surface area (Å²) in [7, 11) is 0. The van der Waals surface area contributed by atoms with E-state index in [1.54, 1.807) is 24.3 Å². The van der Waals surface area contributed by atoms with Gasteiger partial charge in [0.25, 0.3) is 0 Å². The van der Waals surface area contributed by atoms with Crippen molar-refractivity contribution in [3.05, 3.63) is 29.3 Å². The Labute approximate surface area is 98.0 Å². The number of halogens is 2. The SMILES string of the molecule is O=C(Nc1cccc(Cl)c1)C1CC(F)CN1. The monoisotopic (exact) mass is 242 g/mol. The van der Waals surface area contributed by atoms with Gasteiger partial charge in [0.1, 0.15) is 6.17 Å². The molecule has 1 aromatic carbocycles. The largest absolute Gasteiger partial charge is 0.325 e. The summed E-state index contributed by atoms with van der Waals surface area (Å²) in [6, 6.07) is 6.42. The minimum absolute atomic E-state index is 0.220. The predicted molar refractivity (Wildman–Crippen MR) is 61.4 cm³/mol. The fourth-order valence-corrected chi connectivity index (χ4v) is 1.88. The van der Waals surface area contributed by atoms with Crippen molar-refractivity contribution in [3.8, 4) is 0 Å². The molecule has 0 saturated carbocycles. The molecule has 2 N–H and O–H groups in total. The molecule has 1 aliphatic heterocycles. The fraction of sp³-hybridized carbons (Fsp3) is 0.364. The molecular weight excluding hydrogens is 231 g/mol. The van der Waals surface area contributed by atoms with E-state index in [1.165, 1.54) is 0 Å². The van der Waals surface area contributed by atoms with E-state index in [9.17, 15) is 9.18 Å². The highest BCUT2D eigenvalue weighted by atomic mass is 35.5. The molecule has 0 spiro atoms. The van der Waals surface area contributed by atoms with Crippen LogP contribution in [0.5, 0.6) is 0 Å². The van der Waals surface area contributed by atoms with Gasteiger partial charge in [-0.2, -0.15) is 0 Å². The Bertz CT molecular complexity index is 399. The van der Waals surface area contributed by atoms with Crippen LogP contribution in [0.4, 0.5) is 10.1 Å². The van der Waals surface area contributed by atoms with Gasteiger partial charge >= 0.3 is 0 Å². The molecule has 86 valence electrons. The summed E-state index contributed by atoms with van der Waals surface area (Å²) in [4.78, 5) is 11.7. The van der Waals surface area contributed by atoms with Gasteiger partial charge in [-0.15, -0.1) is 0 Å². The summed E-state index contributed by atoms with van der Waals surface area (Å²) < 4.78 is 12.9. The Kier molecular flexibility index (Phi) is 3.41. The molecular formula is C11H12ClFN2O. The second-order valence-corrected chi connectivity index (χ2v) is 4.23. The van der Waals surface area contributed by atoms with E-state index in [1.807, 2.05) is 0 Å². The van der Waals surface area contributed by atoms with Gasteiger partial charge in [0.05, 0.1) is 6.04 Å². The van der Waals surface area contributed by atoms with E-state index >= 15 is 0 Å². The Morgan fingerprint density at radius 2 is 2.38 bits per heavy atom. The maximum absolute atomic E-state index is 12.9. The van der Waals surface area contributed by atoms with Gasteiger partial charge in [-0.3, -0.25) is 4.79 Å². The van der Waals surface area contributed by atoms with E-state index in [-0.39, 0.29) is 18.9 Å². The lowest BCUT2D eigenvalue weighted by atomic mass is 10.2. The molecule has 1 fully saturated rings. The van der Waals surface area contributed by atoms with Crippen molar-refractivity contribution in [1.29, 1.82) is 0 Å². The van der Waals surface area contributed by atoms with E-state index in [0.29, 0.717) is 10.7 Å². The van der Waals surface area contributed by atoms with E-state index in [0.717, 1.165) is 0 Å². The van der Waals surface area contributed by atoms with Crippen molar-refractivity contribution in [1.82, 2.24) is 5.32 Å². The normalized spacial score (nSPS) is 24.4. The molecule has 1 amide bonds. The van der Waals surface area contributed by atoms with Gasteiger partial charge in [-0.25, -0.2) is 4.39 Å². The van der Waals surface area contributed by atoms with Crippen LogP contribution in [0.3, 0.4) is 0 Å². The number of carbonyl (C=O) groups excluding carboxylic acids is 1. The van der Waals surface area contributed by atoms with Gasteiger partial charge in [0.2, 0.25) is 5.91 Å². The number of rotatable bonds is 2. The van der Waals surface area contributed by atoms with Gasteiger partial charge in [-0.05, 0) is 18.2 Å². The van der Waals surface area contributed by atoms with Crippen LogP contribution >= 0.6 is 11.6 Å². The first-order valence-electron chi connectivity index (χ1n) is 5.09. The number of nitrogens with one attached hydrogen (secondary N) is 2. The Morgan fingerprint density at radius 1 is 1.56 bits per heavy atom. The van der Waals surface area contributed by atoms with Crippen LogP contribution in [-0.2, 0) is 4.79 Å². The number of amides is 1. The average molecular weight is 243 g/mol. The molecule has 1 saturated heterocycles. The second-order valence-electron chi connectivity index (χ2n) is 3.79. The van der Waals surface area contributed by atoms with E-state index in [4.69, 9.17) is 11.6 Å². The molecule has 3 nitrogen and oxygen atoms in total. The maximum Gasteiger partial charge on any atom is 0.241 e. The van der Waals surface area contributed by atoms with Crippen molar-refractivity contribution < 1.29 is 9.18 Å². The van der Waals surface area contributed by atoms with Crippen molar-refractivity contribution in [2.75, 3.05) is 11.9 Å². The number of hydrogen-bond acceptors (Lipinski definition) is 2. The Balaban J connectivity index is 1.97. The highest BCUT2D eigenvalue weighted by molar-refractivity contribution is 6.30. The number of anilines is 1. The Morgan fingerprint density at radius 3 is 3.00 bits per heavy atom. The molecule has 1 aromatic rings. The first-order valence-corrected chi connectivity index (χ1v) is 5.47. The minimum Gasteiger partial charge on any atom is -0.325 e. The molecule has 1 heterocycles. The average Bonchev–Trinajstić information content (AvgIpc) is 2.65. The minimum atomic E-state index is -0.935. The number of hydrogen-bond donors (Lipinski definition) is 2. The second kappa shape index (κ2) is 4.80. The molecule has 16 heavy (non-hydrogen) atoms. The summed E-state index contributed by atoms with van der Waals surface area (Å²) in [5.74, 6) is -0.220. The first-order chi connectivity index (χ1) is 7.65. The molecule has 2 rings (SSSR count). The molecule has 5 heteroatoms. The van der Waals surface area contributed by atoms with Gasteiger partial charge in [0, 0.05) is 23.7 Å². The third-order valence-electron chi connectivity index (χ3n) is 2.49. The van der Waals surface area contributed by atoms with E-state index < -0.39 is 12.2 Å². The summed E-state index contributed by atoms with van der Waals surface area (Å²) in [6.45, 7) is 0.244.